The van der Waals surface area contributed by atoms with Gasteiger partial charge in [0.05, 0.1) is 4.92 Å². The number of hydrogen-bond acceptors (Lipinski definition) is 4. The van der Waals surface area contributed by atoms with E-state index in [-0.39, 0.29) is 16.4 Å². The monoisotopic (exact) mass is 267 g/mol. The van der Waals surface area contributed by atoms with Gasteiger partial charge in [-0.2, -0.15) is 0 Å². The minimum Gasteiger partial charge on any atom is -0.362 e. The fourth-order valence-electron chi connectivity index (χ4n) is 1.28. The molecule has 0 radical (unpaired) electrons. The summed E-state index contributed by atoms with van der Waals surface area (Å²) in [5.74, 6) is -0.587. The van der Waals surface area contributed by atoms with Gasteiger partial charge >= 0.3 is 0 Å². The highest BCUT2D eigenvalue weighted by atomic mass is 32.1. The number of nitro groups is 1. The van der Waals surface area contributed by atoms with Gasteiger partial charge in [0, 0.05) is 12.6 Å². The van der Waals surface area contributed by atoms with Gasteiger partial charge in [-0.3, -0.25) is 20.2 Å². The van der Waals surface area contributed by atoms with E-state index >= 15 is 0 Å². The van der Waals surface area contributed by atoms with Crippen LogP contribution < -0.4 is 10.6 Å². The van der Waals surface area contributed by atoms with E-state index in [2.05, 4.69) is 10.6 Å². The lowest BCUT2D eigenvalue weighted by Crippen LogP contribution is -2.39. The van der Waals surface area contributed by atoms with Gasteiger partial charge < -0.3 is 5.32 Å². The number of nitrogens with zero attached hydrogens (tertiary/aromatic N) is 1. The summed E-state index contributed by atoms with van der Waals surface area (Å²) >= 11 is 4.89. The number of para-hydroxylation sites is 1. The fraction of sp³-hybridized carbons (Fsp3) is 0.273. The van der Waals surface area contributed by atoms with E-state index in [0.717, 1.165) is 6.42 Å². The number of carbonyl (C=O) groups is 1. The molecule has 1 aromatic carbocycles. The van der Waals surface area contributed by atoms with Gasteiger partial charge in [0.1, 0.15) is 5.56 Å². The third-order valence-corrected chi connectivity index (χ3v) is 2.35. The molecule has 7 heteroatoms. The summed E-state index contributed by atoms with van der Waals surface area (Å²) in [6, 6.07) is 5.72. The first-order chi connectivity index (χ1) is 8.56. The highest BCUT2D eigenvalue weighted by molar-refractivity contribution is 7.80. The van der Waals surface area contributed by atoms with Gasteiger partial charge in [0.15, 0.2) is 5.11 Å². The van der Waals surface area contributed by atoms with E-state index in [1.807, 2.05) is 6.92 Å². The molecule has 0 unspecified atom stereocenters. The van der Waals surface area contributed by atoms with Crippen LogP contribution in [-0.4, -0.2) is 22.5 Å². The van der Waals surface area contributed by atoms with Crippen molar-refractivity contribution >= 4 is 28.9 Å². The number of carbonyl (C=O) groups excluding carboxylic acids is 1. The van der Waals surface area contributed by atoms with E-state index in [4.69, 9.17) is 12.2 Å². The largest absolute Gasteiger partial charge is 0.362 e. The second kappa shape index (κ2) is 6.65. The van der Waals surface area contributed by atoms with Gasteiger partial charge in [-0.05, 0) is 24.7 Å². The van der Waals surface area contributed by atoms with Crippen molar-refractivity contribution in [2.75, 3.05) is 6.54 Å². The van der Waals surface area contributed by atoms with Crippen LogP contribution in [-0.2, 0) is 0 Å². The minimum absolute atomic E-state index is 0.0110. The molecule has 0 fully saturated rings. The van der Waals surface area contributed by atoms with E-state index < -0.39 is 10.8 Å². The van der Waals surface area contributed by atoms with Crippen LogP contribution in [0.4, 0.5) is 5.69 Å². The van der Waals surface area contributed by atoms with Gasteiger partial charge in [-0.15, -0.1) is 0 Å². The van der Waals surface area contributed by atoms with Crippen LogP contribution in [0.3, 0.4) is 0 Å². The molecule has 0 heterocycles. The van der Waals surface area contributed by atoms with E-state index in [1.54, 1.807) is 6.07 Å². The van der Waals surface area contributed by atoms with Gasteiger partial charge in [-0.1, -0.05) is 19.1 Å². The van der Waals surface area contributed by atoms with Gasteiger partial charge in [0.25, 0.3) is 11.6 Å². The predicted molar refractivity (Wildman–Crippen MR) is 71.5 cm³/mol. The van der Waals surface area contributed by atoms with Crippen molar-refractivity contribution in [1.82, 2.24) is 10.6 Å². The number of hydrogen-bond donors (Lipinski definition) is 2. The molecule has 0 aliphatic rings. The zero-order valence-electron chi connectivity index (χ0n) is 9.80. The normalized spacial score (nSPS) is 9.61. The smallest absolute Gasteiger partial charge is 0.282 e. The average Bonchev–Trinajstić information content (AvgIpc) is 2.36. The molecule has 2 N–H and O–H groups in total. The third kappa shape index (κ3) is 3.77. The summed E-state index contributed by atoms with van der Waals surface area (Å²) in [6.07, 6.45) is 0.863. The maximum Gasteiger partial charge on any atom is 0.282 e. The van der Waals surface area contributed by atoms with Gasteiger partial charge in [0.2, 0.25) is 0 Å². The molecule has 96 valence electrons. The molecular weight excluding hydrogens is 254 g/mol. The number of thiocarbonyl (C=S) groups is 1. The maximum absolute atomic E-state index is 11.8. The average molecular weight is 267 g/mol. The first-order valence-electron chi connectivity index (χ1n) is 5.39. The Morgan fingerprint density at radius 3 is 2.72 bits per heavy atom. The predicted octanol–water partition coefficient (Wildman–Crippen LogP) is 1.61. The van der Waals surface area contributed by atoms with Crippen LogP contribution >= 0.6 is 12.2 Å². The molecule has 6 nitrogen and oxygen atoms in total. The first-order valence-corrected chi connectivity index (χ1v) is 5.79. The van der Waals surface area contributed by atoms with Crippen molar-refractivity contribution in [1.29, 1.82) is 0 Å². The Bertz CT molecular complexity index is 476. The molecule has 0 aromatic heterocycles. The molecule has 0 bridgehead atoms. The minimum atomic E-state index is -0.600. The van der Waals surface area contributed by atoms with Crippen LogP contribution in [0.2, 0.25) is 0 Å². The van der Waals surface area contributed by atoms with Gasteiger partial charge in [-0.25, -0.2) is 0 Å². The van der Waals surface area contributed by atoms with Crippen molar-refractivity contribution in [3.05, 3.63) is 39.9 Å². The third-order valence-electron chi connectivity index (χ3n) is 2.11. The Kier molecular flexibility index (Phi) is 5.19. The number of amides is 1. The molecular formula is C11H13N3O3S. The molecule has 0 saturated heterocycles. The maximum atomic E-state index is 11.8. The van der Waals surface area contributed by atoms with Crippen molar-refractivity contribution in [2.45, 2.75) is 13.3 Å². The molecule has 0 atom stereocenters. The summed E-state index contributed by atoms with van der Waals surface area (Å²) in [6.45, 7) is 2.59. The molecule has 0 spiro atoms. The topological polar surface area (TPSA) is 84.3 Å². The summed E-state index contributed by atoms with van der Waals surface area (Å²) in [4.78, 5) is 22.0. The molecule has 0 aliphatic heterocycles. The molecule has 1 rings (SSSR count). The molecule has 1 aromatic rings. The van der Waals surface area contributed by atoms with Crippen LogP contribution in [0, 0.1) is 10.1 Å². The zero-order chi connectivity index (χ0) is 13.5. The highest BCUT2D eigenvalue weighted by Gasteiger charge is 2.19. The summed E-state index contributed by atoms with van der Waals surface area (Å²) < 4.78 is 0. The van der Waals surface area contributed by atoms with Crippen molar-refractivity contribution in [2.24, 2.45) is 0 Å². The molecule has 1 amide bonds. The quantitative estimate of drug-likeness (QED) is 0.492. The second-order valence-corrected chi connectivity index (χ2v) is 3.89. The number of rotatable bonds is 4. The summed E-state index contributed by atoms with van der Waals surface area (Å²) in [7, 11) is 0. The van der Waals surface area contributed by atoms with Crippen LogP contribution in [0.1, 0.15) is 23.7 Å². The lowest BCUT2D eigenvalue weighted by atomic mass is 10.1. The number of benzene rings is 1. The zero-order valence-corrected chi connectivity index (χ0v) is 10.6. The summed E-state index contributed by atoms with van der Waals surface area (Å²) in [5.41, 5.74) is -0.253. The van der Waals surface area contributed by atoms with Crippen molar-refractivity contribution in [3.8, 4) is 0 Å². The Labute approximate surface area is 110 Å². The van der Waals surface area contributed by atoms with Crippen molar-refractivity contribution < 1.29 is 9.72 Å². The Morgan fingerprint density at radius 2 is 2.11 bits per heavy atom. The second-order valence-electron chi connectivity index (χ2n) is 3.48. The number of nitro benzene ring substituents is 1. The lowest BCUT2D eigenvalue weighted by Gasteiger charge is -2.08. The lowest BCUT2D eigenvalue weighted by molar-refractivity contribution is -0.385. The Balaban J connectivity index is 2.78. The van der Waals surface area contributed by atoms with Crippen LogP contribution in [0.5, 0.6) is 0 Å². The van der Waals surface area contributed by atoms with E-state index in [0.29, 0.717) is 6.54 Å². The molecule has 18 heavy (non-hydrogen) atoms. The highest BCUT2D eigenvalue weighted by Crippen LogP contribution is 2.17. The van der Waals surface area contributed by atoms with E-state index in [9.17, 15) is 14.9 Å². The van der Waals surface area contributed by atoms with Crippen molar-refractivity contribution in [3.63, 3.8) is 0 Å². The first kappa shape index (κ1) is 14.0. The van der Waals surface area contributed by atoms with Crippen LogP contribution in [0.25, 0.3) is 0 Å². The molecule has 0 aliphatic carbocycles. The Morgan fingerprint density at radius 1 is 1.44 bits per heavy atom. The summed E-state index contributed by atoms with van der Waals surface area (Å²) in [5, 5.41) is 16.1. The fourth-order valence-corrected chi connectivity index (χ4v) is 1.47. The SMILES string of the molecule is CCCNC(=S)NC(=O)c1ccccc1[N+](=O)[O-]. The Hall–Kier alpha value is -2.02. The van der Waals surface area contributed by atoms with Crippen LogP contribution in [0.15, 0.2) is 24.3 Å². The standard InChI is InChI=1S/C11H13N3O3S/c1-2-7-12-11(18)13-10(15)8-5-3-4-6-9(8)14(16)17/h3-6H,2,7H2,1H3,(H2,12,13,15,18). The number of nitrogens with one attached hydrogen (secondary N) is 2. The van der Waals surface area contributed by atoms with E-state index in [1.165, 1.54) is 18.2 Å². The molecule has 0 saturated carbocycles.